The van der Waals surface area contributed by atoms with E-state index >= 15 is 0 Å². The van der Waals surface area contributed by atoms with Gasteiger partial charge in [0.15, 0.2) is 37.2 Å². The molecule has 3 rings (SSSR count). The second kappa shape index (κ2) is 24.0. The van der Waals surface area contributed by atoms with Crippen molar-refractivity contribution in [2.45, 2.75) is 99.7 Å². The summed E-state index contributed by atoms with van der Waals surface area (Å²) < 4.78 is 6.75. The third kappa shape index (κ3) is 18.6. The second-order valence-electron chi connectivity index (χ2n) is 8.92. The smallest absolute Gasteiger partial charge is 0.171 e. The molecule has 0 radical (unpaired) electrons. The summed E-state index contributed by atoms with van der Waals surface area (Å²) in [6.07, 6.45) is 20.6. The van der Waals surface area contributed by atoms with E-state index in [4.69, 9.17) is 0 Å². The minimum absolute atomic E-state index is 0. The van der Waals surface area contributed by atoms with Crippen molar-refractivity contribution in [3.8, 4) is 0 Å². The lowest BCUT2D eigenvalue weighted by molar-refractivity contribution is -0.697. The molecule has 0 spiro atoms. The van der Waals surface area contributed by atoms with E-state index in [0.717, 1.165) is 19.6 Å². The minimum Gasteiger partial charge on any atom is -1.00 e. The van der Waals surface area contributed by atoms with Gasteiger partial charge in [0.25, 0.3) is 0 Å². The van der Waals surface area contributed by atoms with Gasteiger partial charge in [0.2, 0.25) is 0 Å². The summed E-state index contributed by atoms with van der Waals surface area (Å²) in [6.45, 7) is 16.5. The van der Waals surface area contributed by atoms with E-state index in [1.165, 1.54) is 55.2 Å². The zero-order chi connectivity index (χ0) is 24.3. The Labute approximate surface area is 218 Å². The predicted octanol–water partition coefficient (Wildman–Crippen LogP) is -2.74. The van der Waals surface area contributed by atoms with Crippen LogP contribution in [0.1, 0.15) is 76.0 Å². The van der Waals surface area contributed by atoms with Gasteiger partial charge in [-0.25, -0.2) is 13.7 Å². The SMILES string of the molecule is CCCC[n+]1cccc(C)c1.CCCC[n+]1cccc(C)c1.CCCC[n+]1cccc(C)c1.[F-].[F-].[F-]. The van der Waals surface area contributed by atoms with Crippen molar-refractivity contribution in [3.63, 3.8) is 0 Å². The molecule has 0 bridgehead atoms. The van der Waals surface area contributed by atoms with Gasteiger partial charge in [-0.1, -0.05) is 40.0 Å². The van der Waals surface area contributed by atoms with Gasteiger partial charge in [0.05, 0.1) is 0 Å². The van der Waals surface area contributed by atoms with Crippen molar-refractivity contribution in [1.29, 1.82) is 0 Å². The van der Waals surface area contributed by atoms with Gasteiger partial charge < -0.3 is 14.1 Å². The number of aromatic nitrogens is 3. The average Bonchev–Trinajstić information content (AvgIpc) is 2.81. The molecule has 204 valence electrons. The first kappa shape index (κ1) is 37.8. The van der Waals surface area contributed by atoms with Crippen molar-refractivity contribution in [2.75, 3.05) is 0 Å². The Bertz CT molecular complexity index is 786. The van der Waals surface area contributed by atoms with Gasteiger partial charge in [-0.05, 0) is 39.0 Å². The van der Waals surface area contributed by atoms with E-state index in [0.29, 0.717) is 0 Å². The Hall–Kier alpha value is -2.76. The Morgan fingerprint density at radius 3 is 0.917 bits per heavy atom. The summed E-state index contributed by atoms with van der Waals surface area (Å²) in [6, 6.07) is 12.7. The molecule has 36 heavy (non-hydrogen) atoms. The topological polar surface area (TPSA) is 11.6 Å². The largest absolute Gasteiger partial charge is 1.00 e. The summed E-state index contributed by atoms with van der Waals surface area (Å²) in [4.78, 5) is 0. The van der Waals surface area contributed by atoms with Crippen molar-refractivity contribution < 1.29 is 27.8 Å². The molecule has 0 aliphatic carbocycles. The second-order valence-corrected chi connectivity index (χ2v) is 8.92. The lowest BCUT2D eigenvalue weighted by Gasteiger charge is -1.94. The summed E-state index contributed by atoms with van der Waals surface area (Å²) in [5.41, 5.74) is 4.01. The number of nitrogens with zero attached hydrogens (tertiary/aromatic N) is 3. The van der Waals surface area contributed by atoms with Gasteiger partial charge in [-0.2, -0.15) is 0 Å². The van der Waals surface area contributed by atoms with Crippen LogP contribution in [0.4, 0.5) is 0 Å². The van der Waals surface area contributed by atoms with Crippen LogP contribution in [0, 0.1) is 20.8 Å². The molecule has 0 aliphatic heterocycles. The van der Waals surface area contributed by atoms with Gasteiger partial charge in [-0.15, -0.1) is 0 Å². The molecule has 0 unspecified atom stereocenters. The third-order valence-corrected chi connectivity index (χ3v) is 5.33. The molecule has 0 N–H and O–H groups in total. The molecule has 0 saturated carbocycles. The van der Waals surface area contributed by atoms with Crippen molar-refractivity contribution in [3.05, 3.63) is 90.3 Å². The van der Waals surface area contributed by atoms with Crippen LogP contribution in [-0.2, 0) is 19.6 Å². The molecule has 0 amide bonds. The van der Waals surface area contributed by atoms with Crippen molar-refractivity contribution in [1.82, 2.24) is 0 Å². The van der Waals surface area contributed by atoms with E-state index < -0.39 is 0 Å². The first-order valence-corrected chi connectivity index (χ1v) is 12.9. The lowest BCUT2D eigenvalue weighted by atomic mass is 10.3. The average molecular weight is 508 g/mol. The van der Waals surface area contributed by atoms with Crippen LogP contribution < -0.4 is 27.8 Å². The maximum Gasteiger partial charge on any atom is 0.171 e. The standard InChI is InChI=1S/3C10H16N.3FH/c3*1-3-4-7-11-8-5-6-10(2)9-11;;;/h3*5-6,8-9H,3-4,7H2,1-2H3;3*1H/q3*+1;;;/p-3. The summed E-state index contributed by atoms with van der Waals surface area (Å²) in [5.74, 6) is 0. The van der Waals surface area contributed by atoms with Gasteiger partial charge in [-0.3, -0.25) is 0 Å². The van der Waals surface area contributed by atoms with Gasteiger partial charge >= 0.3 is 0 Å². The Morgan fingerprint density at radius 2 is 0.722 bits per heavy atom. The fourth-order valence-corrected chi connectivity index (χ4v) is 3.40. The fourth-order valence-electron chi connectivity index (χ4n) is 3.40. The number of hydrogen-bond donors (Lipinski definition) is 0. The monoisotopic (exact) mass is 507 g/mol. The number of aryl methyl sites for hydroxylation is 6. The number of halogens is 3. The molecule has 3 aromatic rings. The molecule has 0 saturated heterocycles. The summed E-state index contributed by atoms with van der Waals surface area (Å²) in [5, 5.41) is 0. The number of hydrogen-bond acceptors (Lipinski definition) is 0. The zero-order valence-corrected chi connectivity index (χ0v) is 23.3. The molecule has 3 aromatic heterocycles. The van der Waals surface area contributed by atoms with Crippen LogP contribution in [0.3, 0.4) is 0 Å². The van der Waals surface area contributed by atoms with E-state index in [9.17, 15) is 0 Å². The quantitative estimate of drug-likeness (QED) is 0.279. The molecular formula is C30H48F3N3. The first-order chi connectivity index (χ1) is 16.0. The molecular weight excluding hydrogens is 459 g/mol. The van der Waals surface area contributed by atoms with Crippen LogP contribution >= 0.6 is 0 Å². The third-order valence-electron chi connectivity index (χ3n) is 5.33. The highest BCUT2D eigenvalue weighted by Gasteiger charge is 1.98. The maximum absolute atomic E-state index is 2.25. The molecule has 0 fully saturated rings. The highest BCUT2D eigenvalue weighted by Crippen LogP contribution is 1.93. The van der Waals surface area contributed by atoms with Crippen molar-refractivity contribution >= 4 is 0 Å². The molecule has 3 nitrogen and oxygen atoms in total. The van der Waals surface area contributed by atoms with Crippen LogP contribution in [0.25, 0.3) is 0 Å². The summed E-state index contributed by atoms with van der Waals surface area (Å²) >= 11 is 0. The number of pyridine rings is 3. The molecule has 3 heterocycles. The lowest BCUT2D eigenvalue weighted by Crippen LogP contribution is -3.00. The Morgan fingerprint density at radius 1 is 0.472 bits per heavy atom. The Kier molecular flexibility index (Phi) is 25.1. The van der Waals surface area contributed by atoms with Crippen LogP contribution in [0.5, 0.6) is 0 Å². The van der Waals surface area contributed by atoms with Crippen LogP contribution in [0.2, 0.25) is 0 Å². The number of unbranched alkanes of at least 4 members (excludes halogenated alkanes) is 3. The molecule has 0 aliphatic rings. The fraction of sp³-hybridized carbons (Fsp3) is 0.500. The van der Waals surface area contributed by atoms with Gasteiger partial charge in [0.1, 0.15) is 19.6 Å². The van der Waals surface area contributed by atoms with E-state index in [-0.39, 0.29) is 14.1 Å². The highest BCUT2D eigenvalue weighted by molar-refractivity contribution is 5.02. The van der Waals surface area contributed by atoms with Gasteiger partial charge in [0, 0.05) is 54.2 Å². The molecule has 0 aromatic carbocycles. The Balaban J connectivity index is -0.000000436. The van der Waals surface area contributed by atoms with Crippen molar-refractivity contribution in [2.24, 2.45) is 0 Å². The van der Waals surface area contributed by atoms with E-state index in [1.54, 1.807) is 0 Å². The molecule has 6 heteroatoms. The van der Waals surface area contributed by atoms with E-state index in [1.807, 2.05) is 0 Å². The van der Waals surface area contributed by atoms with E-state index in [2.05, 4.69) is 129 Å². The highest BCUT2D eigenvalue weighted by atomic mass is 19.0. The maximum atomic E-state index is 2.25. The van der Waals surface area contributed by atoms with Crippen LogP contribution in [0.15, 0.2) is 73.6 Å². The number of rotatable bonds is 9. The minimum atomic E-state index is 0. The zero-order valence-electron chi connectivity index (χ0n) is 23.3. The first-order valence-electron chi connectivity index (χ1n) is 12.9. The van der Waals surface area contributed by atoms with Crippen LogP contribution in [-0.4, -0.2) is 0 Å². The summed E-state index contributed by atoms with van der Waals surface area (Å²) in [7, 11) is 0. The molecule has 0 atom stereocenters. The predicted molar refractivity (Wildman–Crippen MR) is 139 cm³/mol. The normalized spacial score (nSPS) is 9.17.